The molecule has 1 aromatic carbocycles. The highest BCUT2D eigenvalue weighted by Crippen LogP contribution is 2.36. The minimum absolute atomic E-state index is 0.494. The Bertz CT molecular complexity index is 278. The zero-order valence-corrected chi connectivity index (χ0v) is 8.22. The number of benzene rings is 1. The lowest BCUT2D eigenvalue weighted by Gasteiger charge is -2.14. The summed E-state index contributed by atoms with van der Waals surface area (Å²) in [5.74, 6) is 0.685. The van der Waals surface area contributed by atoms with Gasteiger partial charge in [0.05, 0.1) is 0 Å². The fourth-order valence-corrected chi connectivity index (χ4v) is 2.40. The van der Waals surface area contributed by atoms with Gasteiger partial charge in [0.2, 0.25) is 0 Å². The van der Waals surface area contributed by atoms with Crippen molar-refractivity contribution in [3.8, 4) is 0 Å². The molecule has 0 nitrogen and oxygen atoms in total. The van der Waals surface area contributed by atoms with Crippen LogP contribution in [0.3, 0.4) is 0 Å². The van der Waals surface area contributed by atoms with Gasteiger partial charge in [-0.05, 0) is 29.9 Å². The standard InChI is InChI=1S/C11H14S/c1-8(12)10-7-6-9-4-2-3-5-11(9)10/h2-5,8,10,12H,6-7H2,1H3/t8-,10+/m0/s1. The van der Waals surface area contributed by atoms with E-state index in [1.54, 1.807) is 0 Å². The van der Waals surface area contributed by atoms with Crippen molar-refractivity contribution < 1.29 is 0 Å². The first-order chi connectivity index (χ1) is 5.79. The Hall–Kier alpha value is -0.430. The predicted molar refractivity (Wildman–Crippen MR) is 56.0 cm³/mol. The van der Waals surface area contributed by atoms with Gasteiger partial charge in [-0.1, -0.05) is 31.2 Å². The second-order valence-electron chi connectivity index (χ2n) is 3.58. The van der Waals surface area contributed by atoms with Crippen LogP contribution in [0.4, 0.5) is 0 Å². The van der Waals surface area contributed by atoms with Gasteiger partial charge in [0.1, 0.15) is 0 Å². The van der Waals surface area contributed by atoms with E-state index < -0.39 is 0 Å². The van der Waals surface area contributed by atoms with E-state index in [1.807, 2.05) is 0 Å². The number of hydrogen-bond acceptors (Lipinski definition) is 1. The van der Waals surface area contributed by atoms with Gasteiger partial charge in [-0.25, -0.2) is 0 Å². The van der Waals surface area contributed by atoms with Crippen molar-refractivity contribution >= 4 is 12.6 Å². The van der Waals surface area contributed by atoms with E-state index in [4.69, 9.17) is 0 Å². The molecule has 64 valence electrons. The average Bonchev–Trinajstić information content (AvgIpc) is 2.47. The Morgan fingerprint density at radius 2 is 2.17 bits per heavy atom. The molecule has 0 aromatic heterocycles. The lowest BCUT2D eigenvalue weighted by Crippen LogP contribution is -2.04. The quantitative estimate of drug-likeness (QED) is 0.628. The minimum Gasteiger partial charge on any atom is -0.176 e. The van der Waals surface area contributed by atoms with Crippen LogP contribution in [-0.2, 0) is 6.42 Å². The van der Waals surface area contributed by atoms with Crippen molar-refractivity contribution in [2.24, 2.45) is 0 Å². The summed E-state index contributed by atoms with van der Waals surface area (Å²) in [4.78, 5) is 0. The maximum atomic E-state index is 4.52. The van der Waals surface area contributed by atoms with Gasteiger partial charge in [0.25, 0.3) is 0 Å². The molecule has 0 aliphatic heterocycles. The number of thiol groups is 1. The molecule has 1 aliphatic carbocycles. The van der Waals surface area contributed by atoms with Crippen LogP contribution in [0.15, 0.2) is 24.3 Å². The van der Waals surface area contributed by atoms with Crippen LogP contribution in [0.25, 0.3) is 0 Å². The molecule has 0 fully saturated rings. The molecule has 1 heteroatoms. The van der Waals surface area contributed by atoms with E-state index in [0.29, 0.717) is 11.2 Å². The van der Waals surface area contributed by atoms with E-state index in [9.17, 15) is 0 Å². The van der Waals surface area contributed by atoms with Crippen LogP contribution >= 0.6 is 12.6 Å². The smallest absolute Gasteiger partial charge is 0.00574 e. The largest absolute Gasteiger partial charge is 0.176 e. The number of rotatable bonds is 1. The topological polar surface area (TPSA) is 0 Å². The Morgan fingerprint density at radius 1 is 1.42 bits per heavy atom. The van der Waals surface area contributed by atoms with Crippen LogP contribution < -0.4 is 0 Å². The van der Waals surface area contributed by atoms with Crippen molar-refractivity contribution in [1.29, 1.82) is 0 Å². The average molecular weight is 178 g/mol. The van der Waals surface area contributed by atoms with E-state index in [2.05, 4.69) is 43.8 Å². The molecule has 1 aliphatic rings. The lowest BCUT2D eigenvalue weighted by atomic mass is 9.98. The van der Waals surface area contributed by atoms with Crippen LogP contribution in [0.2, 0.25) is 0 Å². The Morgan fingerprint density at radius 3 is 2.92 bits per heavy atom. The van der Waals surface area contributed by atoms with E-state index in [1.165, 1.54) is 24.0 Å². The summed E-state index contributed by atoms with van der Waals surface area (Å²) >= 11 is 4.52. The Balaban J connectivity index is 2.36. The first kappa shape index (κ1) is 8.18. The highest BCUT2D eigenvalue weighted by Gasteiger charge is 2.24. The lowest BCUT2D eigenvalue weighted by molar-refractivity contribution is 0.673. The molecule has 0 spiro atoms. The van der Waals surface area contributed by atoms with Gasteiger partial charge in [-0.2, -0.15) is 12.6 Å². The normalized spacial score (nSPS) is 23.7. The van der Waals surface area contributed by atoms with Crippen LogP contribution in [0.1, 0.15) is 30.4 Å². The van der Waals surface area contributed by atoms with Gasteiger partial charge in [-0.3, -0.25) is 0 Å². The highest BCUT2D eigenvalue weighted by molar-refractivity contribution is 7.81. The first-order valence-electron chi connectivity index (χ1n) is 4.55. The number of aryl methyl sites for hydroxylation is 1. The molecule has 2 rings (SSSR count). The van der Waals surface area contributed by atoms with Gasteiger partial charge >= 0.3 is 0 Å². The summed E-state index contributed by atoms with van der Waals surface area (Å²) in [6.45, 7) is 2.19. The van der Waals surface area contributed by atoms with Gasteiger partial charge in [0, 0.05) is 5.25 Å². The summed E-state index contributed by atoms with van der Waals surface area (Å²) in [5.41, 5.74) is 3.06. The monoisotopic (exact) mass is 178 g/mol. The van der Waals surface area contributed by atoms with Crippen molar-refractivity contribution in [3.05, 3.63) is 35.4 Å². The molecule has 2 atom stereocenters. The molecule has 0 saturated carbocycles. The van der Waals surface area contributed by atoms with E-state index >= 15 is 0 Å². The molecule has 12 heavy (non-hydrogen) atoms. The third-order valence-electron chi connectivity index (χ3n) is 2.76. The summed E-state index contributed by atoms with van der Waals surface area (Å²) in [7, 11) is 0. The summed E-state index contributed by atoms with van der Waals surface area (Å²) in [6.07, 6.45) is 2.52. The summed E-state index contributed by atoms with van der Waals surface area (Å²) in [6, 6.07) is 8.75. The summed E-state index contributed by atoms with van der Waals surface area (Å²) in [5, 5.41) is 0.494. The Labute approximate surface area is 79.4 Å². The van der Waals surface area contributed by atoms with Gasteiger partial charge < -0.3 is 0 Å². The fraction of sp³-hybridized carbons (Fsp3) is 0.455. The van der Waals surface area contributed by atoms with Crippen molar-refractivity contribution in [1.82, 2.24) is 0 Å². The fourth-order valence-electron chi connectivity index (χ4n) is 2.09. The second-order valence-corrected chi connectivity index (χ2v) is 4.40. The SMILES string of the molecule is C[C@H](S)[C@H]1CCc2ccccc21. The van der Waals surface area contributed by atoms with Crippen LogP contribution in [0.5, 0.6) is 0 Å². The molecule has 0 bridgehead atoms. The molecule has 0 saturated heterocycles. The Kier molecular flexibility index (Phi) is 2.14. The second kappa shape index (κ2) is 3.14. The summed E-state index contributed by atoms with van der Waals surface area (Å²) < 4.78 is 0. The number of fused-ring (bicyclic) bond motifs is 1. The van der Waals surface area contributed by atoms with Crippen molar-refractivity contribution in [2.75, 3.05) is 0 Å². The van der Waals surface area contributed by atoms with E-state index in [-0.39, 0.29) is 0 Å². The predicted octanol–water partition coefficient (Wildman–Crippen LogP) is 3.03. The molecule has 0 heterocycles. The van der Waals surface area contributed by atoms with E-state index in [0.717, 1.165) is 0 Å². The van der Waals surface area contributed by atoms with Crippen LogP contribution in [-0.4, -0.2) is 5.25 Å². The molecular weight excluding hydrogens is 164 g/mol. The van der Waals surface area contributed by atoms with Gasteiger partial charge in [-0.15, -0.1) is 0 Å². The molecule has 1 aromatic rings. The molecule has 0 radical (unpaired) electrons. The third-order valence-corrected chi connectivity index (χ3v) is 3.12. The maximum absolute atomic E-state index is 4.52. The first-order valence-corrected chi connectivity index (χ1v) is 5.06. The minimum atomic E-state index is 0.494. The molecule has 0 N–H and O–H groups in total. The molecule has 0 unspecified atom stereocenters. The maximum Gasteiger partial charge on any atom is 0.00574 e. The van der Waals surface area contributed by atoms with Crippen molar-refractivity contribution in [2.45, 2.75) is 30.9 Å². The highest BCUT2D eigenvalue weighted by atomic mass is 32.1. The molecule has 0 amide bonds. The third kappa shape index (κ3) is 1.27. The van der Waals surface area contributed by atoms with Crippen LogP contribution in [0, 0.1) is 0 Å². The zero-order valence-electron chi connectivity index (χ0n) is 7.33. The van der Waals surface area contributed by atoms with Crippen molar-refractivity contribution in [3.63, 3.8) is 0 Å². The zero-order chi connectivity index (χ0) is 8.55. The molecular formula is C11H14S. The number of hydrogen-bond donors (Lipinski definition) is 1. The van der Waals surface area contributed by atoms with Gasteiger partial charge in [0.15, 0.2) is 0 Å².